The van der Waals surface area contributed by atoms with Crippen molar-refractivity contribution in [1.29, 1.82) is 0 Å². The molecule has 0 spiro atoms. The van der Waals surface area contributed by atoms with E-state index in [1.807, 2.05) is 29.2 Å². The van der Waals surface area contributed by atoms with Gasteiger partial charge in [-0.05, 0) is 30.4 Å². The zero-order chi connectivity index (χ0) is 14.5. The zero-order valence-corrected chi connectivity index (χ0v) is 11.8. The maximum atomic E-state index is 11.9. The first-order chi connectivity index (χ1) is 9.60. The summed E-state index contributed by atoms with van der Waals surface area (Å²) >= 11 is 0. The van der Waals surface area contributed by atoms with Crippen molar-refractivity contribution in [2.75, 3.05) is 0 Å². The Morgan fingerprint density at radius 1 is 1.40 bits per heavy atom. The highest BCUT2D eigenvalue weighted by molar-refractivity contribution is 5.78. The molecule has 2 rings (SSSR count). The fraction of sp³-hybridized carbons (Fsp3) is 0.500. The Hall–Kier alpha value is -1.84. The number of carbonyl (C=O) groups is 2. The highest BCUT2D eigenvalue weighted by Gasteiger charge is 2.29. The van der Waals surface area contributed by atoms with E-state index in [1.165, 1.54) is 0 Å². The number of carboxylic acid groups (broad SMARTS) is 1. The molecule has 108 valence electrons. The van der Waals surface area contributed by atoms with Gasteiger partial charge in [0.15, 0.2) is 0 Å². The molecule has 0 radical (unpaired) electrons. The molecule has 1 aromatic carbocycles. The average Bonchev–Trinajstić information content (AvgIpc) is 2.78. The van der Waals surface area contributed by atoms with Gasteiger partial charge in [-0.25, -0.2) is 0 Å². The lowest BCUT2D eigenvalue weighted by Crippen LogP contribution is -2.31. The van der Waals surface area contributed by atoms with Crippen LogP contribution in [0.1, 0.15) is 43.7 Å². The Bertz CT molecular complexity index is 498. The molecular weight excluding hydrogens is 254 g/mol. The highest BCUT2D eigenvalue weighted by atomic mass is 16.4. The first-order valence-corrected chi connectivity index (χ1v) is 7.19. The Balaban J connectivity index is 2.03. The van der Waals surface area contributed by atoms with Crippen molar-refractivity contribution >= 4 is 11.9 Å². The van der Waals surface area contributed by atoms with E-state index in [1.54, 1.807) is 0 Å². The normalized spacial score (nSPS) is 18.6. The van der Waals surface area contributed by atoms with Crippen molar-refractivity contribution in [1.82, 2.24) is 4.90 Å². The second kappa shape index (κ2) is 6.55. The Morgan fingerprint density at radius 3 is 2.85 bits per heavy atom. The third-order valence-corrected chi connectivity index (χ3v) is 3.90. The van der Waals surface area contributed by atoms with Crippen molar-refractivity contribution in [2.45, 2.75) is 51.6 Å². The van der Waals surface area contributed by atoms with Gasteiger partial charge in [-0.2, -0.15) is 0 Å². The molecule has 0 aliphatic carbocycles. The molecule has 1 amide bonds. The number of carboxylic acids is 1. The van der Waals surface area contributed by atoms with Crippen LogP contribution in [0.2, 0.25) is 0 Å². The summed E-state index contributed by atoms with van der Waals surface area (Å²) in [4.78, 5) is 24.5. The summed E-state index contributed by atoms with van der Waals surface area (Å²) in [6.07, 6.45) is 3.27. The van der Waals surface area contributed by atoms with Crippen LogP contribution in [0, 0.1) is 0 Å². The third kappa shape index (κ3) is 3.59. The van der Waals surface area contributed by atoms with Gasteiger partial charge in [0.05, 0.1) is 0 Å². The molecule has 1 aliphatic heterocycles. The van der Waals surface area contributed by atoms with E-state index in [4.69, 9.17) is 5.11 Å². The first-order valence-electron chi connectivity index (χ1n) is 7.19. The molecule has 1 N–H and O–H groups in total. The standard InChI is InChI=1S/C16H21NO3/c1-2-14-7-8-15(18)17(14)11-13-5-3-4-12(10-13)6-9-16(19)20/h3-5,10,14H,2,6-9,11H2,1H3,(H,19,20). The van der Waals surface area contributed by atoms with Gasteiger partial charge in [-0.15, -0.1) is 0 Å². The number of likely N-dealkylation sites (tertiary alicyclic amines) is 1. The van der Waals surface area contributed by atoms with Crippen LogP contribution in [0.3, 0.4) is 0 Å². The summed E-state index contributed by atoms with van der Waals surface area (Å²) in [5, 5.41) is 8.72. The number of amides is 1. The number of hydrogen-bond donors (Lipinski definition) is 1. The molecule has 4 heteroatoms. The van der Waals surface area contributed by atoms with Crippen LogP contribution in [-0.2, 0) is 22.6 Å². The van der Waals surface area contributed by atoms with Crippen molar-refractivity contribution in [3.8, 4) is 0 Å². The lowest BCUT2D eigenvalue weighted by molar-refractivity contribution is -0.137. The van der Waals surface area contributed by atoms with Gasteiger partial charge < -0.3 is 10.0 Å². The second-order valence-corrected chi connectivity index (χ2v) is 5.34. The van der Waals surface area contributed by atoms with Crippen LogP contribution in [0.25, 0.3) is 0 Å². The number of carbonyl (C=O) groups excluding carboxylic acids is 1. The van der Waals surface area contributed by atoms with E-state index in [9.17, 15) is 9.59 Å². The fourth-order valence-corrected chi connectivity index (χ4v) is 2.77. The van der Waals surface area contributed by atoms with Crippen molar-refractivity contribution < 1.29 is 14.7 Å². The van der Waals surface area contributed by atoms with Gasteiger partial charge >= 0.3 is 5.97 Å². The number of benzene rings is 1. The van der Waals surface area contributed by atoms with Gasteiger partial charge in [0.2, 0.25) is 5.91 Å². The quantitative estimate of drug-likeness (QED) is 0.868. The van der Waals surface area contributed by atoms with Crippen LogP contribution in [0.15, 0.2) is 24.3 Å². The molecule has 0 saturated carbocycles. The molecule has 4 nitrogen and oxygen atoms in total. The summed E-state index contributed by atoms with van der Waals surface area (Å²) in [6, 6.07) is 8.25. The first kappa shape index (κ1) is 14.6. The Kier molecular flexibility index (Phi) is 4.77. The van der Waals surface area contributed by atoms with E-state index in [0.717, 1.165) is 24.0 Å². The monoisotopic (exact) mass is 275 g/mol. The number of aliphatic carboxylic acids is 1. The zero-order valence-electron chi connectivity index (χ0n) is 11.8. The summed E-state index contributed by atoms with van der Waals surface area (Å²) in [5.41, 5.74) is 2.10. The molecule has 1 aromatic rings. The average molecular weight is 275 g/mol. The molecule has 20 heavy (non-hydrogen) atoms. The molecule has 1 atom stereocenters. The minimum Gasteiger partial charge on any atom is -0.481 e. The highest BCUT2D eigenvalue weighted by Crippen LogP contribution is 2.23. The maximum Gasteiger partial charge on any atom is 0.303 e. The topological polar surface area (TPSA) is 57.6 Å². The molecule has 1 aliphatic rings. The van der Waals surface area contributed by atoms with Crippen LogP contribution >= 0.6 is 0 Å². The predicted octanol–water partition coefficient (Wildman–Crippen LogP) is 2.60. The van der Waals surface area contributed by atoms with Gasteiger partial charge in [-0.3, -0.25) is 9.59 Å². The molecule has 0 aromatic heterocycles. The minimum atomic E-state index is -0.781. The lowest BCUT2D eigenvalue weighted by atomic mass is 10.1. The summed E-state index contributed by atoms with van der Waals surface area (Å²) < 4.78 is 0. The van der Waals surface area contributed by atoms with E-state index >= 15 is 0 Å². The van der Waals surface area contributed by atoms with E-state index in [2.05, 4.69) is 6.92 Å². The molecule has 1 saturated heterocycles. The largest absolute Gasteiger partial charge is 0.481 e. The molecule has 1 fully saturated rings. The summed E-state index contributed by atoms with van der Waals surface area (Å²) in [6.45, 7) is 2.75. The van der Waals surface area contributed by atoms with Crippen LogP contribution < -0.4 is 0 Å². The maximum absolute atomic E-state index is 11.9. The molecule has 1 unspecified atom stereocenters. The van der Waals surface area contributed by atoms with Gasteiger partial charge in [-0.1, -0.05) is 31.2 Å². The van der Waals surface area contributed by atoms with Crippen molar-refractivity contribution in [3.05, 3.63) is 35.4 Å². The van der Waals surface area contributed by atoms with E-state index in [0.29, 0.717) is 25.4 Å². The van der Waals surface area contributed by atoms with Crippen LogP contribution in [0.4, 0.5) is 0 Å². The van der Waals surface area contributed by atoms with Gasteiger partial charge in [0.25, 0.3) is 0 Å². The molecular formula is C16H21NO3. The van der Waals surface area contributed by atoms with Crippen LogP contribution in [0.5, 0.6) is 0 Å². The fourth-order valence-electron chi connectivity index (χ4n) is 2.77. The third-order valence-electron chi connectivity index (χ3n) is 3.90. The van der Waals surface area contributed by atoms with Crippen LogP contribution in [-0.4, -0.2) is 27.9 Å². The number of aryl methyl sites for hydroxylation is 1. The number of hydrogen-bond acceptors (Lipinski definition) is 2. The van der Waals surface area contributed by atoms with Gasteiger partial charge in [0.1, 0.15) is 0 Å². The van der Waals surface area contributed by atoms with E-state index < -0.39 is 5.97 Å². The van der Waals surface area contributed by atoms with Gasteiger partial charge in [0, 0.05) is 25.4 Å². The molecule has 0 bridgehead atoms. The van der Waals surface area contributed by atoms with E-state index in [-0.39, 0.29) is 12.3 Å². The lowest BCUT2D eigenvalue weighted by Gasteiger charge is -2.24. The second-order valence-electron chi connectivity index (χ2n) is 5.34. The Morgan fingerprint density at radius 2 is 2.15 bits per heavy atom. The molecule has 1 heterocycles. The minimum absolute atomic E-state index is 0.143. The predicted molar refractivity (Wildman–Crippen MR) is 76.3 cm³/mol. The van der Waals surface area contributed by atoms with Crippen molar-refractivity contribution in [3.63, 3.8) is 0 Å². The Labute approximate surface area is 119 Å². The SMILES string of the molecule is CCC1CCC(=O)N1Cc1cccc(CCC(=O)O)c1. The number of rotatable bonds is 6. The van der Waals surface area contributed by atoms with Crippen molar-refractivity contribution in [2.24, 2.45) is 0 Å². The summed E-state index contributed by atoms with van der Waals surface area (Å²) in [7, 11) is 0. The number of nitrogens with zero attached hydrogens (tertiary/aromatic N) is 1. The smallest absolute Gasteiger partial charge is 0.303 e. The summed E-state index contributed by atoms with van der Waals surface area (Å²) in [5.74, 6) is -0.552.